The Balaban J connectivity index is 1.62. The van der Waals surface area contributed by atoms with Gasteiger partial charge in [-0.25, -0.2) is 0 Å². The van der Waals surface area contributed by atoms with Gasteiger partial charge in [0.1, 0.15) is 6.54 Å². The van der Waals surface area contributed by atoms with Crippen LogP contribution in [0.1, 0.15) is 42.5 Å². The molecule has 1 heterocycles. The van der Waals surface area contributed by atoms with Crippen molar-refractivity contribution in [2.45, 2.75) is 45.2 Å². The molecule has 1 aromatic carbocycles. The lowest BCUT2D eigenvalue weighted by Gasteiger charge is -2.20. The lowest BCUT2D eigenvalue weighted by atomic mass is 9.89. The van der Waals surface area contributed by atoms with Crippen molar-refractivity contribution >= 4 is 11.9 Å². The van der Waals surface area contributed by atoms with E-state index in [1.165, 1.54) is 30.3 Å². The Labute approximate surface area is 139 Å². The summed E-state index contributed by atoms with van der Waals surface area (Å²) in [5, 5.41) is 17.1. The first-order valence-electron chi connectivity index (χ1n) is 7.98. The molecule has 24 heavy (non-hydrogen) atoms. The lowest BCUT2D eigenvalue weighted by Crippen LogP contribution is -2.30. The minimum absolute atomic E-state index is 0.101. The molecule has 0 spiro atoms. The normalized spacial score (nSPS) is 14.7. The number of hydrogen-bond donors (Lipinski definition) is 1. The molecular weight excluding hydrogens is 310 g/mol. The Hall–Kier alpha value is -2.77. The zero-order valence-corrected chi connectivity index (χ0v) is 13.4. The molecule has 0 radical (unpaired) electrons. The third-order valence-corrected chi connectivity index (χ3v) is 4.24. The van der Waals surface area contributed by atoms with Crippen LogP contribution in [0.5, 0.6) is 0 Å². The van der Waals surface area contributed by atoms with Crippen LogP contribution in [0.25, 0.3) is 0 Å². The van der Waals surface area contributed by atoms with Crippen LogP contribution in [0.15, 0.2) is 24.5 Å². The molecule has 1 N–H and O–H groups in total. The van der Waals surface area contributed by atoms with E-state index >= 15 is 0 Å². The van der Waals surface area contributed by atoms with Gasteiger partial charge in [0.2, 0.25) is 12.2 Å². The van der Waals surface area contributed by atoms with Crippen LogP contribution in [-0.4, -0.2) is 25.6 Å². The van der Waals surface area contributed by atoms with Crippen LogP contribution in [-0.2, 0) is 24.2 Å². The predicted molar refractivity (Wildman–Crippen MR) is 86.3 cm³/mol. The first-order chi connectivity index (χ1) is 11.5. The molecule has 8 heteroatoms. The van der Waals surface area contributed by atoms with Crippen molar-refractivity contribution < 1.29 is 9.72 Å². The van der Waals surface area contributed by atoms with E-state index in [1.54, 1.807) is 0 Å². The summed E-state index contributed by atoms with van der Waals surface area (Å²) in [6, 6.07) is 6.23. The van der Waals surface area contributed by atoms with Crippen LogP contribution in [0.2, 0.25) is 0 Å². The maximum absolute atomic E-state index is 12.1. The molecule has 8 nitrogen and oxygen atoms in total. The molecule has 1 aliphatic carbocycles. The van der Waals surface area contributed by atoms with E-state index in [1.807, 2.05) is 6.92 Å². The fourth-order valence-corrected chi connectivity index (χ4v) is 2.98. The maximum atomic E-state index is 12.1. The lowest BCUT2D eigenvalue weighted by molar-refractivity contribution is -0.394. The molecule has 0 saturated carbocycles. The van der Waals surface area contributed by atoms with Crippen molar-refractivity contribution in [2.24, 2.45) is 0 Å². The molecule has 1 aromatic heterocycles. The van der Waals surface area contributed by atoms with Gasteiger partial charge in [-0.15, -0.1) is 0 Å². The third-order valence-electron chi connectivity index (χ3n) is 4.24. The highest BCUT2D eigenvalue weighted by molar-refractivity contribution is 5.76. The molecule has 2 aromatic rings. The zero-order chi connectivity index (χ0) is 17.1. The van der Waals surface area contributed by atoms with Crippen LogP contribution in [0, 0.1) is 10.1 Å². The smallest absolute Gasteiger partial charge is 0.390 e. The van der Waals surface area contributed by atoms with Gasteiger partial charge in [0, 0.05) is 5.10 Å². The van der Waals surface area contributed by atoms with Gasteiger partial charge >= 0.3 is 5.95 Å². The summed E-state index contributed by atoms with van der Waals surface area (Å²) in [5.74, 6) is -0.773. The molecule has 0 saturated heterocycles. The maximum Gasteiger partial charge on any atom is 0.490 e. The number of nitrogens with one attached hydrogen (secondary N) is 1. The molecule has 0 aliphatic heterocycles. The van der Waals surface area contributed by atoms with Gasteiger partial charge in [-0.05, 0) is 54.2 Å². The molecule has 3 rings (SSSR count). The molecule has 0 fully saturated rings. The Morgan fingerprint density at radius 2 is 2.12 bits per heavy atom. The number of rotatable bonds is 5. The van der Waals surface area contributed by atoms with E-state index in [2.05, 4.69) is 33.6 Å². The number of nitro groups is 1. The number of aryl methyl sites for hydroxylation is 2. The van der Waals surface area contributed by atoms with Gasteiger partial charge in [-0.2, -0.15) is 4.68 Å². The summed E-state index contributed by atoms with van der Waals surface area (Å²) in [4.78, 5) is 25.5. The second-order valence-electron chi connectivity index (χ2n) is 6.02. The van der Waals surface area contributed by atoms with Crippen molar-refractivity contribution in [3.05, 3.63) is 51.3 Å². The first kappa shape index (κ1) is 16.1. The van der Waals surface area contributed by atoms with E-state index in [9.17, 15) is 14.9 Å². The highest BCUT2D eigenvalue weighted by Crippen LogP contribution is 2.24. The van der Waals surface area contributed by atoms with Gasteiger partial charge in [-0.1, -0.05) is 23.2 Å². The number of aromatic nitrogens is 3. The highest BCUT2D eigenvalue weighted by atomic mass is 16.6. The minimum Gasteiger partial charge on any atom is -0.390 e. The quantitative estimate of drug-likeness (QED) is 0.667. The Morgan fingerprint density at radius 3 is 2.83 bits per heavy atom. The summed E-state index contributed by atoms with van der Waals surface area (Å²) < 4.78 is 1.16. The van der Waals surface area contributed by atoms with E-state index in [0.29, 0.717) is 0 Å². The summed E-state index contributed by atoms with van der Waals surface area (Å²) >= 11 is 0. The minimum atomic E-state index is -0.690. The molecule has 1 aliphatic rings. The summed E-state index contributed by atoms with van der Waals surface area (Å²) in [5.41, 5.74) is 3.83. The Morgan fingerprint density at radius 1 is 1.38 bits per heavy atom. The van der Waals surface area contributed by atoms with Crippen LogP contribution in [0.3, 0.4) is 0 Å². The molecular formula is C16H19N5O3. The SMILES string of the molecule is CC(NC(=O)Cn1cnc([N+](=O)[O-])n1)c1ccc2c(c1)CCCC2. The van der Waals surface area contributed by atoms with Gasteiger partial charge in [-0.3, -0.25) is 4.79 Å². The number of carbonyl (C=O) groups is 1. The fourth-order valence-electron chi connectivity index (χ4n) is 2.98. The monoisotopic (exact) mass is 329 g/mol. The topological polar surface area (TPSA) is 103 Å². The van der Waals surface area contributed by atoms with Crippen molar-refractivity contribution in [1.82, 2.24) is 20.1 Å². The van der Waals surface area contributed by atoms with Crippen LogP contribution < -0.4 is 5.32 Å². The molecule has 126 valence electrons. The number of carbonyl (C=O) groups excluding carboxylic acids is 1. The van der Waals surface area contributed by atoms with Crippen molar-refractivity contribution in [3.63, 3.8) is 0 Å². The molecule has 1 amide bonds. The number of benzene rings is 1. The first-order valence-corrected chi connectivity index (χ1v) is 7.98. The largest absolute Gasteiger partial charge is 0.490 e. The highest BCUT2D eigenvalue weighted by Gasteiger charge is 2.17. The number of nitrogens with zero attached hydrogens (tertiary/aromatic N) is 4. The molecule has 1 atom stereocenters. The van der Waals surface area contributed by atoms with Gasteiger partial charge in [0.25, 0.3) is 0 Å². The van der Waals surface area contributed by atoms with E-state index in [0.717, 1.165) is 23.1 Å². The fraction of sp³-hybridized carbons (Fsp3) is 0.438. The predicted octanol–water partition coefficient (Wildman–Crippen LogP) is 1.94. The van der Waals surface area contributed by atoms with Crippen molar-refractivity contribution in [1.29, 1.82) is 0 Å². The van der Waals surface area contributed by atoms with E-state index in [4.69, 9.17) is 0 Å². The van der Waals surface area contributed by atoms with Gasteiger partial charge < -0.3 is 15.4 Å². The van der Waals surface area contributed by atoms with Crippen LogP contribution in [0.4, 0.5) is 5.95 Å². The number of hydrogen-bond acceptors (Lipinski definition) is 5. The molecule has 1 unspecified atom stereocenters. The van der Waals surface area contributed by atoms with Gasteiger partial charge in [0.05, 0.1) is 6.04 Å². The van der Waals surface area contributed by atoms with Crippen molar-refractivity contribution in [2.75, 3.05) is 0 Å². The van der Waals surface area contributed by atoms with Crippen molar-refractivity contribution in [3.8, 4) is 0 Å². The zero-order valence-electron chi connectivity index (χ0n) is 13.4. The standard InChI is InChI=1S/C16H19N5O3/c1-11(13-7-6-12-4-2-3-5-14(12)8-13)18-15(22)9-20-10-17-16(19-20)21(23)24/h6-8,10-11H,2-5,9H2,1H3,(H,18,22). The van der Waals surface area contributed by atoms with E-state index in [-0.39, 0.29) is 18.5 Å². The summed E-state index contributed by atoms with van der Waals surface area (Å²) in [6.45, 7) is 1.82. The average molecular weight is 329 g/mol. The second kappa shape index (κ2) is 6.77. The van der Waals surface area contributed by atoms with Gasteiger partial charge in [0.15, 0.2) is 0 Å². The Kier molecular flexibility index (Phi) is 4.54. The van der Waals surface area contributed by atoms with Crippen LogP contribution >= 0.6 is 0 Å². The summed E-state index contributed by atoms with van der Waals surface area (Å²) in [7, 11) is 0. The average Bonchev–Trinajstić information content (AvgIpc) is 3.03. The number of fused-ring (bicyclic) bond motifs is 1. The summed E-state index contributed by atoms with van der Waals surface area (Å²) in [6.07, 6.45) is 5.85. The van der Waals surface area contributed by atoms with E-state index < -0.39 is 10.9 Å². The third kappa shape index (κ3) is 3.58. The second-order valence-corrected chi connectivity index (χ2v) is 6.02. The Bertz CT molecular complexity index is 771. The number of amides is 1. The molecule has 0 bridgehead atoms.